The third-order valence-electron chi connectivity index (χ3n) is 5.07. The quantitative estimate of drug-likeness (QED) is 0.760. The number of rotatable bonds is 6. The van der Waals surface area contributed by atoms with Crippen LogP contribution in [-0.2, 0) is 10.2 Å². The van der Waals surface area contributed by atoms with Crippen molar-refractivity contribution in [3.8, 4) is 0 Å². The average Bonchev–Trinajstić information content (AvgIpc) is 2.78. The minimum atomic E-state index is -3.28. The van der Waals surface area contributed by atoms with Crippen LogP contribution in [0.1, 0.15) is 51.9 Å². The summed E-state index contributed by atoms with van der Waals surface area (Å²) in [4.78, 5) is 2.60. The first-order valence-corrected chi connectivity index (χ1v) is 9.92. The molecule has 1 heterocycles. The van der Waals surface area contributed by atoms with E-state index in [0.29, 0.717) is 19.0 Å². The van der Waals surface area contributed by atoms with E-state index in [-0.39, 0.29) is 0 Å². The zero-order valence-corrected chi connectivity index (χ0v) is 14.4. The smallest absolute Gasteiger partial charge is 0.279 e. The van der Waals surface area contributed by atoms with E-state index in [1.807, 2.05) is 6.92 Å². The largest absolute Gasteiger partial charge is 0.300 e. The first-order chi connectivity index (χ1) is 10.0. The molecule has 1 saturated heterocycles. The molecule has 1 unspecified atom stereocenters. The van der Waals surface area contributed by atoms with Gasteiger partial charge in [-0.05, 0) is 31.7 Å². The van der Waals surface area contributed by atoms with Crippen molar-refractivity contribution >= 4 is 10.2 Å². The van der Waals surface area contributed by atoms with E-state index in [0.717, 1.165) is 25.6 Å². The summed E-state index contributed by atoms with van der Waals surface area (Å²) in [6, 6.07) is 0.743. The second-order valence-electron chi connectivity index (χ2n) is 6.56. The maximum Gasteiger partial charge on any atom is 0.279 e. The van der Waals surface area contributed by atoms with Crippen LogP contribution >= 0.6 is 0 Å². The Morgan fingerprint density at radius 2 is 1.81 bits per heavy atom. The molecule has 2 fully saturated rings. The lowest BCUT2D eigenvalue weighted by atomic mass is 10.1. The molecule has 1 N–H and O–H groups in total. The van der Waals surface area contributed by atoms with Gasteiger partial charge in [0.15, 0.2) is 0 Å². The molecule has 0 radical (unpaired) electrons. The Morgan fingerprint density at radius 1 is 1.14 bits per heavy atom. The first kappa shape index (κ1) is 17.2. The van der Waals surface area contributed by atoms with Gasteiger partial charge in [-0.25, -0.2) is 4.72 Å². The Kier molecular flexibility index (Phi) is 6.47. The molecule has 2 rings (SSSR count). The summed E-state index contributed by atoms with van der Waals surface area (Å²) in [6.07, 6.45) is 9.27. The van der Waals surface area contributed by atoms with Gasteiger partial charge in [-0.15, -0.1) is 0 Å². The van der Waals surface area contributed by atoms with Gasteiger partial charge < -0.3 is 4.90 Å². The summed E-state index contributed by atoms with van der Waals surface area (Å²) in [6.45, 7) is 5.14. The average molecular weight is 317 g/mol. The van der Waals surface area contributed by atoms with Crippen molar-refractivity contribution in [2.24, 2.45) is 5.92 Å². The van der Waals surface area contributed by atoms with Crippen molar-refractivity contribution in [1.82, 2.24) is 13.9 Å². The standard InChI is InChI=1S/C15H31N3O2S/c1-3-17(2)21(19,20)16-12-14-10-11-18(13-14)15-8-6-4-5-7-9-15/h14-16H,3-13H2,1-2H3. The fraction of sp³-hybridized carbons (Fsp3) is 1.00. The van der Waals surface area contributed by atoms with Crippen molar-refractivity contribution in [3.05, 3.63) is 0 Å². The minimum absolute atomic E-state index is 0.466. The molecule has 0 aromatic heterocycles. The highest BCUT2D eigenvalue weighted by Gasteiger charge is 2.29. The number of likely N-dealkylation sites (tertiary alicyclic amines) is 1. The highest BCUT2D eigenvalue weighted by atomic mass is 32.2. The third-order valence-corrected chi connectivity index (χ3v) is 6.68. The lowest BCUT2D eigenvalue weighted by molar-refractivity contribution is 0.213. The Bertz CT molecular complexity index is 405. The molecular formula is C15H31N3O2S. The molecule has 1 aliphatic heterocycles. The van der Waals surface area contributed by atoms with Crippen molar-refractivity contribution in [1.29, 1.82) is 0 Å². The molecule has 2 aliphatic rings. The van der Waals surface area contributed by atoms with Crippen LogP contribution in [0.4, 0.5) is 0 Å². The maximum absolute atomic E-state index is 11.9. The van der Waals surface area contributed by atoms with E-state index in [9.17, 15) is 8.42 Å². The van der Waals surface area contributed by atoms with Crippen LogP contribution in [0.5, 0.6) is 0 Å². The Labute approximate surface area is 130 Å². The number of hydrogen-bond donors (Lipinski definition) is 1. The molecule has 1 atom stereocenters. The van der Waals surface area contributed by atoms with Crippen molar-refractivity contribution in [2.45, 2.75) is 57.9 Å². The minimum Gasteiger partial charge on any atom is -0.300 e. The van der Waals surface area contributed by atoms with E-state index in [2.05, 4.69) is 9.62 Å². The first-order valence-electron chi connectivity index (χ1n) is 8.48. The van der Waals surface area contributed by atoms with Crippen molar-refractivity contribution < 1.29 is 8.42 Å². The fourth-order valence-electron chi connectivity index (χ4n) is 3.49. The van der Waals surface area contributed by atoms with Crippen LogP contribution in [0.25, 0.3) is 0 Å². The molecule has 124 valence electrons. The lowest BCUT2D eigenvalue weighted by Crippen LogP contribution is -2.41. The molecule has 5 nitrogen and oxygen atoms in total. The van der Waals surface area contributed by atoms with Crippen LogP contribution < -0.4 is 4.72 Å². The summed E-state index contributed by atoms with van der Waals surface area (Å²) < 4.78 is 28.0. The Hall–Kier alpha value is -0.170. The van der Waals surface area contributed by atoms with Crippen LogP contribution in [0.15, 0.2) is 0 Å². The Balaban J connectivity index is 1.77. The van der Waals surface area contributed by atoms with Gasteiger partial charge in [-0.1, -0.05) is 32.6 Å². The molecule has 0 aromatic carbocycles. The van der Waals surface area contributed by atoms with Gasteiger partial charge in [-0.3, -0.25) is 0 Å². The predicted octanol–water partition coefficient (Wildman–Crippen LogP) is 1.82. The SMILES string of the molecule is CCN(C)S(=O)(=O)NCC1CCN(C2CCCCCC2)C1. The summed E-state index contributed by atoms with van der Waals surface area (Å²) in [5.74, 6) is 0.466. The summed E-state index contributed by atoms with van der Waals surface area (Å²) in [5.41, 5.74) is 0. The summed E-state index contributed by atoms with van der Waals surface area (Å²) >= 11 is 0. The topological polar surface area (TPSA) is 52.7 Å². The van der Waals surface area contributed by atoms with Crippen LogP contribution in [0.3, 0.4) is 0 Å². The molecule has 0 bridgehead atoms. The van der Waals surface area contributed by atoms with Gasteiger partial charge in [-0.2, -0.15) is 12.7 Å². The van der Waals surface area contributed by atoms with E-state index < -0.39 is 10.2 Å². The molecule has 6 heteroatoms. The monoisotopic (exact) mass is 317 g/mol. The number of nitrogens with one attached hydrogen (secondary N) is 1. The van der Waals surface area contributed by atoms with E-state index in [4.69, 9.17) is 0 Å². The molecule has 0 spiro atoms. The van der Waals surface area contributed by atoms with Gasteiger partial charge in [0.05, 0.1) is 0 Å². The third kappa shape index (κ3) is 4.91. The zero-order chi connectivity index (χ0) is 15.3. The second kappa shape index (κ2) is 7.90. The van der Waals surface area contributed by atoms with Gasteiger partial charge >= 0.3 is 0 Å². The molecule has 1 aliphatic carbocycles. The van der Waals surface area contributed by atoms with Crippen molar-refractivity contribution in [3.63, 3.8) is 0 Å². The predicted molar refractivity (Wildman–Crippen MR) is 86.4 cm³/mol. The maximum atomic E-state index is 11.9. The number of nitrogens with zero attached hydrogens (tertiary/aromatic N) is 2. The van der Waals surface area contributed by atoms with Gasteiger partial charge in [0.2, 0.25) is 0 Å². The Morgan fingerprint density at radius 3 is 2.43 bits per heavy atom. The van der Waals surface area contributed by atoms with Crippen molar-refractivity contribution in [2.75, 3.05) is 33.2 Å². The second-order valence-corrected chi connectivity index (χ2v) is 8.42. The lowest BCUT2D eigenvalue weighted by Gasteiger charge is -2.27. The van der Waals surface area contributed by atoms with Crippen LogP contribution in [0, 0.1) is 5.92 Å². The van der Waals surface area contributed by atoms with Crippen LogP contribution in [-0.4, -0.2) is 56.9 Å². The number of hydrogen-bond acceptors (Lipinski definition) is 3. The fourth-order valence-corrected chi connectivity index (χ4v) is 4.49. The van der Waals surface area contributed by atoms with E-state index in [1.165, 1.54) is 42.8 Å². The summed E-state index contributed by atoms with van der Waals surface area (Å²) in [5, 5.41) is 0. The normalized spacial score (nSPS) is 26.3. The molecule has 0 aromatic rings. The summed E-state index contributed by atoms with van der Waals surface area (Å²) in [7, 11) is -1.66. The molecule has 0 amide bonds. The highest BCUT2D eigenvalue weighted by Crippen LogP contribution is 2.26. The highest BCUT2D eigenvalue weighted by molar-refractivity contribution is 7.87. The van der Waals surface area contributed by atoms with Gasteiger partial charge in [0.1, 0.15) is 0 Å². The van der Waals surface area contributed by atoms with Gasteiger partial charge in [0, 0.05) is 32.7 Å². The molecule has 1 saturated carbocycles. The van der Waals surface area contributed by atoms with Crippen LogP contribution in [0.2, 0.25) is 0 Å². The van der Waals surface area contributed by atoms with E-state index >= 15 is 0 Å². The molecular weight excluding hydrogens is 286 g/mol. The van der Waals surface area contributed by atoms with E-state index in [1.54, 1.807) is 7.05 Å². The zero-order valence-electron chi connectivity index (χ0n) is 13.6. The van der Waals surface area contributed by atoms with Gasteiger partial charge in [0.25, 0.3) is 10.2 Å². The molecule has 21 heavy (non-hydrogen) atoms.